The predicted molar refractivity (Wildman–Crippen MR) is 84.0 cm³/mol. The van der Waals surface area contributed by atoms with E-state index in [0.29, 0.717) is 5.28 Å². The van der Waals surface area contributed by atoms with Crippen molar-refractivity contribution in [1.29, 1.82) is 0 Å². The third-order valence-corrected chi connectivity index (χ3v) is 4.70. The topological polar surface area (TPSA) is 38.2 Å². The summed E-state index contributed by atoms with van der Waals surface area (Å²) in [7, 11) is 2.04. The van der Waals surface area contributed by atoms with E-state index in [2.05, 4.69) is 27.9 Å². The van der Waals surface area contributed by atoms with Gasteiger partial charge in [-0.3, -0.25) is 0 Å². The van der Waals surface area contributed by atoms with Crippen molar-refractivity contribution in [2.45, 2.75) is 32.3 Å². The third kappa shape index (κ3) is 2.90. The van der Waals surface area contributed by atoms with Gasteiger partial charge in [0.1, 0.15) is 10.6 Å². The fourth-order valence-corrected chi connectivity index (χ4v) is 3.72. The number of hydrogen-bond acceptors (Lipinski definition) is 5. The lowest BCUT2D eigenvalue weighted by molar-refractivity contribution is 0.0215. The number of fused-ring (bicyclic) bond motifs is 1. The summed E-state index contributed by atoms with van der Waals surface area (Å²) in [6.07, 6.45) is 3.83. The predicted octanol–water partition coefficient (Wildman–Crippen LogP) is 3.66. The maximum absolute atomic E-state index is 6.05. The van der Waals surface area contributed by atoms with Gasteiger partial charge in [0.15, 0.2) is 0 Å². The normalized spacial score (nSPS) is 19.4. The van der Waals surface area contributed by atoms with Gasteiger partial charge in [0, 0.05) is 25.1 Å². The number of thiophene rings is 1. The van der Waals surface area contributed by atoms with Crippen molar-refractivity contribution in [3.8, 4) is 0 Å². The van der Waals surface area contributed by atoms with Crippen LogP contribution in [-0.2, 0) is 4.74 Å². The number of anilines is 1. The van der Waals surface area contributed by atoms with Crippen LogP contribution < -0.4 is 4.90 Å². The molecule has 3 heterocycles. The highest BCUT2D eigenvalue weighted by Gasteiger charge is 2.19. The van der Waals surface area contributed by atoms with Crippen molar-refractivity contribution >= 4 is 39.0 Å². The monoisotopic (exact) mass is 311 g/mol. The second kappa shape index (κ2) is 5.84. The Labute approximate surface area is 127 Å². The zero-order chi connectivity index (χ0) is 14.1. The fraction of sp³-hybridized carbons (Fsp3) is 0.571. The van der Waals surface area contributed by atoms with Crippen LogP contribution in [0.5, 0.6) is 0 Å². The molecule has 1 aliphatic heterocycles. The van der Waals surface area contributed by atoms with Gasteiger partial charge < -0.3 is 9.64 Å². The molecule has 0 aromatic carbocycles. The summed E-state index contributed by atoms with van der Waals surface area (Å²) >= 11 is 7.70. The summed E-state index contributed by atoms with van der Waals surface area (Å²) in [5, 5.41) is 1.39. The standard InChI is InChI=1S/C14H18ClN3OS/c1-9-7-11-12(16-14(15)17-13(11)20-9)18(2)8-10-5-3-4-6-19-10/h7,10H,3-6,8H2,1-2H3. The average Bonchev–Trinajstić information content (AvgIpc) is 2.78. The first kappa shape index (κ1) is 14.0. The van der Waals surface area contributed by atoms with Crippen LogP contribution in [0, 0.1) is 6.92 Å². The van der Waals surface area contributed by atoms with E-state index in [1.54, 1.807) is 11.3 Å². The second-order valence-corrected chi connectivity index (χ2v) is 6.83. The number of ether oxygens (including phenoxy) is 1. The minimum atomic E-state index is 0.289. The highest BCUT2D eigenvalue weighted by molar-refractivity contribution is 7.18. The van der Waals surface area contributed by atoms with Crippen molar-refractivity contribution in [3.63, 3.8) is 0 Å². The minimum Gasteiger partial charge on any atom is -0.376 e. The van der Waals surface area contributed by atoms with E-state index < -0.39 is 0 Å². The van der Waals surface area contributed by atoms with Crippen LogP contribution in [0.25, 0.3) is 10.2 Å². The molecule has 20 heavy (non-hydrogen) atoms. The van der Waals surface area contributed by atoms with Gasteiger partial charge in [-0.2, -0.15) is 4.98 Å². The van der Waals surface area contributed by atoms with Gasteiger partial charge in [0.05, 0.1) is 11.5 Å². The maximum Gasteiger partial charge on any atom is 0.225 e. The Morgan fingerprint density at radius 1 is 1.45 bits per heavy atom. The molecule has 2 aromatic heterocycles. The Morgan fingerprint density at radius 2 is 2.30 bits per heavy atom. The quantitative estimate of drug-likeness (QED) is 0.811. The molecule has 1 aliphatic rings. The largest absolute Gasteiger partial charge is 0.376 e. The Morgan fingerprint density at radius 3 is 3.05 bits per heavy atom. The first-order valence-electron chi connectivity index (χ1n) is 6.90. The number of hydrogen-bond donors (Lipinski definition) is 0. The van der Waals surface area contributed by atoms with Crippen LogP contribution in [0.1, 0.15) is 24.1 Å². The Bertz CT molecular complexity index is 610. The molecule has 4 nitrogen and oxygen atoms in total. The Hall–Kier alpha value is -0.910. The molecule has 1 saturated heterocycles. The molecule has 0 aliphatic carbocycles. The van der Waals surface area contributed by atoms with E-state index in [9.17, 15) is 0 Å². The summed E-state index contributed by atoms with van der Waals surface area (Å²) in [5.74, 6) is 0.901. The highest BCUT2D eigenvalue weighted by atomic mass is 35.5. The zero-order valence-electron chi connectivity index (χ0n) is 11.7. The molecule has 0 saturated carbocycles. The number of rotatable bonds is 3. The third-order valence-electron chi connectivity index (χ3n) is 3.58. The Balaban J connectivity index is 1.87. The smallest absolute Gasteiger partial charge is 0.225 e. The molecule has 2 aromatic rings. The first-order chi connectivity index (χ1) is 9.63. The SMILES string of the molecule is Cc1cc2c(N(C)CC3CCCCO3)nc(Cl)nc2s1. The molecule has 0 spiro atoms. The lowest BCUT2D eigenvalue weighted by atomic mass is 10.1. The lowest BCUT2D eigenvalue weighted by Gasteiger charge is -2.28. The van der Waals surface area contributed by atoms with Crippen LogP contribution >= 0.6 is 22.9 Å². The second-order valence-electron chi connectivity index (χ2n) is 5.26. The van der Waals surface area contributed by atoms with Crippen LogP contribution in [0.15, 0.2) is 6.07 Å². The van der Waals surface area contributed by atoms with Crippen molar-refractivity contribution in [2.24, 2.45) is 0 Å². The Kier molecular flexibility index (Phi) is 4.10. The van der Waals surface area contributed by atoms with E-state index in [0.717, 1.165) is 35.6 Å². The zero-order valence-corrected chi connectivity index (χ0v) is 13.3. The first-order valence-corrected chi connectivity index (χ1v) is 8.09. The summed E-state index contributed by atoms with van der Waals surface area (Å²) in [6, 6.07) is 2.13. The van der Waals surface area contributed by atoms with E-state index >= 15 is 0 Å². The maximum atomic E-state index is 6.05. The molecular formula is C14H18ClN3OS. The number of aryl methyl sites for hydroxylation is 1. The minimum absolute atomic E-state index is 0.289. The van der Waals surface area contributed by atoms with Crippen LogP contribution in [0.3, 0.4) is 0 Å². The van der Waals surface area contributed by atoms with Crippen molar-refractivity contribution in [1.82, 2.24) is 9.97 Å². The van der Waals surface area contributed by atoms with Gasteiger partial charge in [-0.1, -0.05) is 0 Å². The van der Waals surface area contributed by atoms with E-state index in [1.807, 2.05) is 7.05 Å². The lowest BCUT2D eigenvalue weighted by Crippen LogP contribution is -2.33. The average molecular weight is 312 g/mol. The van der Waals surface area contributed by atoms with E-state index in [1.165, 1.54) is 17.7 Å². The molecule has 0 N–H and O–H groups in total. The molecule has 0 bridgehead atoms. The van der Waals surface area contributed by atoms with Crippen LogP contribution in [-0.4, -0.2) is 36.3 Å². The summed E-state index contributed by atoms with van der Waals surface area (Å²) in [4.78, 5) is 13.0. The summed E-state index contributed by atoms with van der Waals surface area (Å²) < 4.78 is 5.80. The number of nitrogens with zero attached hydrogens (tertiary/aromatic N) is 3. The number of aromatic nitrogens is 2. The van der Waals surface area contributed by atoms with Crippen LogP contribution in [0.4, 0.5) is 5.82 Å². The molecule has 0 radical (unpaired) electrons. The molecule has 1 unspecified atom stereocenters. The molecule has 108 valence electrons. The van der Waals surface area contributed by atoms with Gasteiger partial charge in [-0.05, 0) is 43.9 Å². The van der Waals surface area contributed by atoms with Gasteiger partial charge in [-0.15, -0.1) is 11.3 Å². The molecule has 1 fully saturated rings. The van der Waals surface area contributed by atoms with Gasteiger partial charge >= 0.3 is 0 Å². The molecule has 3 rings (SSSR count). The summed E-state index contributed by atoms with van der Waals surface area (Å²) in [6.45, 7) is 3.79. The number of halogens is 1. The van der Waals surface area contributed by atoms with Crippen molar-refractivity contribution < 1.29 is 4.74 Å². The van der Waals surface area contributed by atoms with Crippen LogP contribution in [0.2, 0.25) is 5.28 Å². The van der Waals surface area contributed by atoms with Gasteiger partial charge in [0.2, 0.25) is 5.28 Å². The fourth-order valence-electron chi connectivity index (χ4n) is 2.64. The van der Waals surface area contributed by atoms with Crippen molar-refractivity contribution in [3.05, 3.63) is 16.2 Å². The molecule has 0 amide bonds. The highest BCUT2D eigenvalue weighted by Crippen LogP contribution is 2.31. The van der Waals surface area contributed by atoms with E-state index in [4.69, 9.17) is 16.3 Å². The molecule has 6 heteroatoms. The van der Waals surface area contributed by atoms with Gasteiger partial charge in [-0.25, -0.2) is 4.98 Å². The molecular weight excluding hydrogens is 294 g/mol. The van der Waals surface area contributed by atoms with Gasteiger partial charge in [0.25, 0.3) is 0 Å². The summed E-state index contributed by atoms with van der Waals surface area (Å²) in [5.41, 5.74) is 0. The van der Waals surface area contributed by atoms with E-state index in [-0.39, 0.29) is 6.10 Å². The number of likely N-dealkylation sites (N-methyl/N-ethyl adjacent to an activating group) is 1. The molecule has 1 atom stereocenters. The van der Waals surface area contributed by atoms with Crippen molar-refractivity contribution in [2.75, 3.05) is 25.1 Å².